The molecule has 2 aliphatic rings. The summed E-state index contributed by atoms with van der Waals surface area (Å²) in [6.45, 7) is 0. The molecule has 2 aromatic rings. The number of rotatable bonds is 1. The lowest BCUT2D eigenvalue weighted by Crippen LogP contribution is -2.26. The van der Waals surface area contributed by atoms with Crippen LogP contribution in [-0.2, 0) is 6.18 Å². The van der Waals surface area contributed by atoms with E-state index in [-0.39, 0.29) is 11.4 Å². The number of benzene rings is 2. The van der Waals surface area contributed by atoms with Crippen LogP contribution in [0.25, 0.3) is 0 Å². The predicted molar refractivity (Wildman–Crippen MR) is 95.2 cm³/mol. The summed E-state index contributed by atoms with van der Waals surface area (Å²) in [5.41, 5.74) is 0.301. The van der Waals surface area contributed by atoms with E-state index in [1.807, 2.05) is 12.2 Å². The van der Waals surface area contributed by atoms with Crippen molar-refractivity contribution in [2.75, 3.05) is 4.90 Å². The maximum Gasteiger partial charge on any atom is 0.416 e. The minimum atomic E-state index is -4.52. The molecule has 1 aliphatic heterocycles. The molecule has 136 valence electrons. The van der Waals surface area contributed by atoms with Crippen molar-refractivity contribution in [2.45, 2.75) is 12.6 Å². The SMILES string of the molecule is O=C(c1ccccc1)N1C=C2CC=CC=C2Oc2ccc(C(F)(F)F)cc21. The standard InChI is InChI=1S/C21H14F3NO2/c22-21(23,24)16-10-11-19-17(12-16)25(20(26)14-6-2-1-3-7-14)13-15-8-4-5-9-18(15)27-19/h1-7,9-13H,8H2. The third kappa shape index (κ3) is 3.26. The molecular formula is C21H14F3NO2. The lowest BCUT2D eigenvalue weighted by atomic mass is 10.1. The first-order valence-electron chi connectivity index (χ1n) is 8.29. The van der Waals surface area contributed by atoms with E-state index in [9.17, 15) is 18.0 Å². The van der Waals surface area contributed by atoms with E-state index in [0.29, 0.717) is 23.3 Å². The Labute approximate surface area is 153 Å². The van der Waals surface area contributed by atoms with Crippen LogP contribution in [0.4, 0.5) is 18.9 Å². The van der Waals surface area contributed by atoms with Gasteiger partial charge in [-0.1, -0.05) is 30.4 Å². The number of ether oxygens (including phenoxy) is 1. The van der Waals surface area contributed by atoms with Crippen molar-refractivity contribution >= 4 is 11.6 Å². The molecule has 27 heavy (non-hydrogen) atoms. The van der Waals surface area contributed by atoms with Crippen molar-refractivity contribution < 1.29 is 22.7 Å². The fraction of sp³-hybridized carbons (Fsp3) is 0.0952. The molecule has 0 spiro atoms. The second-order valence-electron chi connectivity index (χ2n) is 6.14. The minimum Gasteiger partial charge on any atom is -0.455 e. The molecule has 3 nitrogen and oxygen atoms in total. The van der Waals surface area contributed by atoms with Crippen molar-refractivity contribution in [3.8, 4) is 5.75 Å². The minimum absolute atomic E-state index is 0.0569. The number of amides is 1. The molecule has 0 saturated heterocycles. The van der Waals surface area contributed by atoms with Crippen LogP contribution in [0, 0.1) is 0 Å². The molecule has 1 heterocycles. The highest BCUT2D eigenvalue weighted by Crippen LogP contribution is 2.41. The highest BCUT2D eigenvalue weighted by atomic mass is 19.4. The monoisotopic (exact) mass is 369 g/mol. The molecule has 4 rings (SSSR count). The molecule has 6 heteroatoms. The van der Waals surface area contributed by atoms with Gasteiger partial charge in [-0.15, -0.1) is 0 Å². The lowest BCUT2D eigenvalue weighted by Gasteiger charge is -2.21. The van der Waals surface area contributed by atoms with Gasteiger partial charge < -0.3 is 4.74 Å². The second kappa shape index (κ2) is 6.46. The summed E-state index contributed by atoms with van der Waals surface area (Å²) >= 11 is 0. The zero-order chi connectivity index (χ0) is 19.0. The molecule has 0 aromatic heterocycles. The topological polar surface area (TPSA) is 29.5 Å². The van der Waals surface area contributed by atoms with Crippen molar-refractivity contribution in [2.24, 2.45) is 0 Å². The Hall–Kier alpha value is -3.28. The van der Waals surface area contributed by atoms with Gasteiger partial charge in [0.05, 0.1) is 11.3 Å². The largest absolute Gasteiger partial charge is 0.455 e. The first-order chi connectivity index (χ1) is 12.9. The third-order valence-electron chi connectivity index (χ3n) is 4.33. The van der Waals surface area contributed by atoms with Gasteiger partial charge in [0.25, 0.3) is 5.91 Å². The Balaban J connectivity index is 1.88. The summed E-state index contributed by atoms with van der Waals surface area (Å²) < 4.78 is 45.5. The van der Waals surface area contributed by atoms with Gasteiger partial charge in [-0.2, -0.15) is 13.2 Å². The number of hydrogen-bond acceptors (Lipinski definition) is 2. The number of halogens is 3. The summed E-state index contributed by atoms with van der Waals surface area (Å²) in [5.74, 6) is 0.282. The Morgan fingerprint density at radius 1 is 1.07 bits per heavy atom. The number of carbonyl (C=O) groups excluding carboxylic acids is 1. The summed E-state index contributed by atoms with van der Waals surface area (Å²) in [5, 5.41) is 0. The Kier molecular flexibility index (Phi) is 4.11. The first kappa shape index (κ1) is 17.1. The molecule has 0 bridgehead atoms. The number of nitrogens with zero attached hydrogens (tertiary/aromatic N) is 1. The fourth-order valence-corrected chi connectivity index (χ4v) is 2.97. The zero-order valence-corrected chi connectivity index (χ0v) is 14.0. The zero-order valence-electron chi connectivity index (χ0n) is 14.0. The van der Waals surface area contributed by atoms with Crippen molar-refractivity contribution in [1.29, 1.82) is 0 Å². The molecule has 0 atom stereocenters. The molecule has 0 unspecified atom stereocenters. The highest BCUT2D eigenvalue weighted by Gasteiger charge is 2.34. The number of fused-ring (bicyclic) bond motifs is 2. The average molecular weight is 369 g/mol. The first-order valence-corrected chi connectivity index (χ1v) is 8.29. The number of allylic oxidation sites excluding steroid dienone is 4. The summed E-state index contributed by atoms with van der Waals surface area (Å²) in [7, 11) is 0. The molecule has 0 saturated carbocycles. The van der Waals surface area contributed by atoms with Crippen LogP contribution in [0.1, 0.15) is 22.3 Å². The van der Waals surface area contributed by atoms with Gasteiger partial charge in [-0.3, -0.25) is 9.69 Å². The predicted octanol–water partition coefficient (Wildman–Crippen LogP) is 5.47. The number of anilines is 1. The van der Waals surface area contributed by atoms with Gasteiger partial charge in [0.15, 0.2) is 5.75 Å². The van der Waals surface area contributed by atoms with Crippen LogP contribution in [0.15, 0.2) is 84.3 Å². The normalized spacial score (nSPS) is 15.7. The number of carbonyl (C=O) groups is 1. The Morgan fingerprint density at radius 3 is 2.59 bits per heavy atom. The smallest absolute Gasteiger partial charge is 0.416 e. The highest BCUT2D eigenvalue weighted by molar-refractivity contribution is 6.08. The molecule has 2 aromatic carbocycles. The molecule has 0 radical (unpaired) electrons. The molecule has 0 fully saturated rings. The average Bonchev–Trinajstić information content (AvgIpc) is 2.83. The van der Waals surface area contributed by atoms with E-state index < -0.39 is 17.6 Å². The van der Waals surface area contributed by atoms with Gasteiger partial charge in [0.2, 0.25) is 0 Å². The van der Waals surface area contributed by atoms with Crippen molar-refractivity contribution in [1.82, 2.24) is 0 Å². The van der Waals surface area contributed by atoms with Crippen molar-refractivity contribution in [3.05, 3.63) is 95.4 Å². The van der Waals surface area contributed by atoms with Crippen LogP contribution < -0.4 is 9.64 Å². The van der Waals surface area contributed by atoms with Crippen LogP contribution in [-0.4, -0.2) is 5.91 Å². The molecule has 1 aliphatic carbocycles. The Bertz CT molecular complexity index is 988. The van der Waals surface area contributed by atoms with Gasteiger partial charge in [-0.05, 0) is 42.8 Å². The Morgan fingerprint density at radius 2 is 1.85 bits per heavy atom. The maximum atomic E-state index is 13.2. The summed E-state index contributed by atoms with van der Waals surface area (Å²) in [4.78, 5) is 14.3. The van der Waals surface area contributed by atoms with Gasteiger partial charge in [-0.25, -0.2) is 0 Å². The van der Waals surface area contributed by atoms with E-state index in [1.165, 1.54) is 11.0 Å². The van der Waals surface area contributed by atoms with Crippen molar-refractivity contribution in [3.63, 3.8) is 0 Å². The van der Waals surface area contributed by atoms with Gasteiger partial charge in [0, 0.05) is 17.3 Å². The van der Waals surface area contributed by atoms with Gasteiger partial charge >= 0.3 is 6.18 Å². The van der Waals surface area contributed by atoms with E-state index >= 15 is 0 Å². The molecule has 1 amide bonds. The summed E-state index contributed by atoms with van der Waals surface area (Å²) in [6.07, 6.45) is 2.98. The van der Waals surface area contributed by atoms with Crippen LogP contribution >= 0.6 is 0 Å². The maximum absolute atomic E-state index is 13.2. The summed E-state index contributed by atoms with van der Waals surface area (Å²) in [6, 6.07) is 11.6. The lowest BCUT2D eigenvalue weighted by molar-refractivity contribution is -0.137. The quantitative estimate of drug-likeness (QED) is 0.667. The van der Waals surface area contributed by atoms with Crippen LogP contribution in [0.5, 0.6) is 5.75 Å². The fourth-order valence-electron chi connectivity index (χ4n) is 2.97. The second-order valence-corrected chi connectivity index (χ2v) is 6.14. The molecule has 0 N–H and O–H groups in total. The third-order valence-corrected chi connectivity index (χ3v) is 4.33. The number of hydrogen-bond donors (Lipinski definition) is 0. The van der Waals surface area contributed by atoms with E-state index in [4.69, 9.17) is 4.74 Å². The van der Waals surface area contributed by atoms with Crippen LogP contribution in [0.3, 0.4) is 0 Å². The van der Waals surface area contributed by atoms with Crippen LogP contribution in [0.2, 0.25) is 0 Å². The van der Waals surface area contributed by atoms with Gasteiger partial charge in [0.1, 0.15) is 5.76 Å². The number of alkyl halides is 3. The van der Waals surface area contributed by atoms with E-state index in [1.54, 1.807) is 42.6 Å². The van der Waals surface area contributed by atoms with E-state index in [0.717, 1.165) is 12.1 Å². The molecular weight excluding hydrogens is 355 g/mol. The van der Waals surface area contributed by atoms with E-state index in [2.05, 4.69) is 0 Å².